The highest BCUT2D eigenvalue weighted by atomic mass is 127. The van der Waals surface area contributed by atoms with Crippen molar-refractivity contribution in [1.82, 2.24) is 0 Å². The van der Waals surface area contributed by atoms with Gasteiger partial charge < -0.3 is 15.8 Å². The molecule has 0 fully saturated rings. The predicted molar refractivity (Wildman–Crippen MR) is 88.7 cm³/mol. The smallest absolute Gasteiger partial charge is 0.265 e. The van der Waals surface area contributed by atoms with Gasteiger partial charge in [-0.2, -0.15) is 0 Å². The zero-order chi connectivity index (χ0) is 15.4. The molecule has 1 amide bonds. The van der Waals surface area contributed by atoms with Crippen LogP contribution < -0.4 is 15.8 Å². The maximum Gasteiger partial charge on any atom is 0.265 e. The van der Waals surface area contributed by atoms with Crippen LogP contribution in [0.25, 0.3) is 0 Å². The van der Waals surface area contributed by atoms with E-state index in [1.54, 1.807) is 19.1 Å². The van der Waals surface area contributed by atoms with E-state index in [-0.39, 0.29) is 11.6 Å². The molecule has 0 aromatic heterocycles. The molecule has 0 aliphatic rings. The number of nitrogens with one attached hydrogen (secondary N) is 1. The Morgan fingerprint density at radius 1 is 1.29 bits per heavy atom. The SMILES string of the molecule is CC(Oc1ccc(I)cc1)C(=O)Nc1ccc(F)cc1N. The molecule has 3 N–H and O–H groups in total. The molecule has 4 nitrogen and oxygen atoms in total. The van der Waals surface area contributed by atoms with E-state index in [2.05, 4.69) is 27.9 Å². The number of carbonyl (C=O) groups is 1. The van der Waals surface area contributed by atoms with Crippen molar-refractivity contribution in [2.75, 3.05) is 11.1 Å². The average Bonchev–Trinajstić information content (AvgIpc) is 2.44. The van der Waals surface area contributed by atoms with Crippen LogP contribution in [0.4, 0.5) is 15.8 Å². The molecule has 110 valence electrons. The zero-order valence-electron chi connectivity index (χ0n) is 11.3. The van der Waals surface area contributed by atoms with E-state index >= 15 is 0 Å². The number of benzene rings is 2. The fourth-order valence-corrected chi connectivity index (χ4v) is 2.01. The van der Waals surface area contributed by atoms with Crippen molar-refractivity contribution in [1.29, 1.82) is 0 Å². The van der Waals surface area contributed by atoms with Crippen LogP contribution in [0, 0.1) is 9.39 Å². The van der Waals surface area contributed by atoms with Gasteiger partial charge in [-0.05, 0) is 72.0 Å². The minimum atomic E-state index is -0.700. The van der Waals surface area contributed by atoms with Crippen molar-refractivity contribution in [3.63, 3.8) is 0 Å². The molecule has 0 saturated heterocycles. The second-order valence-corrected chi connectivity index (χ2v) is 5.68. The van der Waals surface area contributed by atoms with Crippen molar-refractivity contribution < 1.29 is 13.9 Å². The number of amides is 1. The molecular formula is C15H14FIN2O2. The van der Waals surface area contributed by atoms with E-state index in [0.717, 1.165) is 9.64 Å². The lowest BCUT2D eigenvalue weighted by atomic mass is 10.2. The van der Waals surface area contributed by atoms with Gasteiger partial charge in [-0.3, -0.25) is 4.79 Å². The molecule has 6 heteroatoms. The number of ether oxygens (including phenoxy) is 1. The Bertz CT molecular complexity index is 647. The van der Waals surface area contributed by atoms with Gasteiger partial charge in [0, 0.05) is 3.57 Å². The summed E-state index contributed by atoms with van der Waals surface area (Å²) in [6.07, 6.45) is -0.700. The van der Waals surface area contributed by atoms with Crippen molar-refractivity contribution in [3.05, 3.63) is 51.9 Å². The monoisotopic (exact) mass is 400 g/mol. The molecule has 0 radical (unpaired) electrons. The Balaban J connectivity index is 2.00. The number of carbonyl (C=O) groups excluding carboxylic acids is 1. The van der Waals surface area contributed by atoms with Crippen LogP contribution in [0.15, 0.2) is 42.5 Å². The molecule has 1 atom stereocenters. The number of hydrogen-bond acceptors (Lipinski definition) is 3. The van der Waals surface area contributed by atoms with Crippen LogP contribution in [0.5, 0.6) is 5.75 Å². The average molecular weight is 400 g/mol. The van der Waals surface area contributed by atoms with Gasteiger partial charge in [-0.1, -0.05) is 0 Å². The third-order valence-corrected chi connectivity index (χ3v) is 3.49. The van der Waals surface area contributed by atoms with E-state index in [1.807, 2.05) is 12.1 Å². The van der Waals surface area contributed by atoms with Gasteiger partial charge >= 0.3 is 0 Å². The van der Waals surface area contributed by atoms with E-state index in [1.165, 1.54) is 12.1 Å². The summed E-state index contributed by atoms with van der Waals surface area (Å²) in [6.45, 7) is 1.63. The van der Waals surface area contributed by atoms with Crippen LogP contribution in [0.2, 0.25) is 0 Å². The highest BCUT2D eigenvalue weighted by Crippen LogP contribution is 2.20. The summed E-state index contributed by atoms with van der Waals surface area (Å²) >= 11 is 2.19. The quantitative estimate of drug-likeness (QED) is 0.611. The Kier molecular flexibility index (Phi) is 5.00. The van der Waals surface area contributed by atoms with Crippen LogP contribution in [0.1, 0.15) is 6.92 Å². The lowest BCUT2D eigenvalue weighted by molar-refractivity contribution is -0.122. The van der Waals surface area contributed by atoms with Crippen molar-refractivity contribution in [2.24, 2.45) is 0 Å². The van der Waals surface area contributed by atoms with Crippen molar-refractivity contribution in [2.45, 2.75) is 13.0 Å². The minimum Gasteiger partial charge on any atom is -0.481 e. The summed E-state index contributed by atoms with van der Waals surface area (Å²) in [5.41, 5.74) is 6.17. The molecule has 1 unspecified atom stereocenters. The van der Waals surface area contributed by atoms with E-state index in [0.29, 0.717) is 11.4 Å². The summed E-state index contributed by atoms with van der Waals surface area (Å²) in [5, 5.41) is 2.61. The number of nitrogens with two attached hydrogens (primary N) is 1. The topological polar surface area (TPSA) is 64.3 Å². The first-order valence-electron chi connectivity index (χ1n) is 6.24. The molecule has 2 aromatic carbocycles. The first-order valence-corrected chi connectivity index (χ1v) is 7.31. The highest BCUT2D eigenvalue weighted by molar-refractivity contribution is 14.1. The number of anilines is 2. The Hall–Kier alpha value is -1.83. The molecular weight excluding hydrogens is 386 g/mol. The van der Waals surface area contributed by atoms with E-state index in [9.17, 15) is 9.18 Å². The molecule has 0 saturated carbocycles. The van der Waals surface area contributed by atoms with Crippen LogP contribution in [-0.2, 0) is 4.79 Å². The zero-order valence-corrected chi connectivity index (χ0v) is 13.4. The largest absolute Gasteiger partial charge is 0.481 e. The summed E-state index contributed by atoms with van der Waals surface area (Å²) in [6, 6.07) is 11.2. The lowest BCUT2D eigenvalue weighted by Gasteiger charge is -2.15. The Labute approximate surface area is 135 Å². The molecule has 0 spiro atoms. The highest BCUT2D eigenvalue weighted by Gasteiger charge is 2.16. The molecule has 0 aliphatic heterocycles. The predicted octanol–water partition coefficient (Wildman–Crippen LogP) is 3.42. The minimum absolute atomic E-state index is 0.171. The molecule has 2 aromatic rings. The second-order valence-electron chi connectivity index (χ2n) is 4.43. The first-order chi connectivity index (χ1) is 9.95. The summed E-state index contributed by atoms with van der Waals surface area (Å²) < 4.78 is 19.6. The molecule has 0 heterocycles. The number of halogens is 2. The van der Waals surface area contributed by atoms with Crippen molar-refractivity contribution >= 4 is 39.9 Å². The fourth-order valence-electron chi connectivity index (χ4n) is 1.65. The molecule has 2 rings (SSSR count). The second kappa shape index (κ2) is 6.75. The van der Waals surface area contributed by atoms with Gasteiger partial charge in [-0.15, -0.1) is 0 Å². The fraction of sp³-hybridized carbons (Fsp3) is 0.133. The van der Waals surface area contributed by atoms with Crippen molar-refractivity contribution in [3.8, 4) is 5.75 Å². The Morgan fingerprint density at radius 2 is 1.95 bits per heavy atom. The van der Waals surface area contributed by atoms with Crippen LogP contribution in [-0.4, -0.2) is 12.0 Å². The molecule has 21 heavy (non-hydrogen) atoms. The maximum atomic E-state index is 12.9. The lowest BCUT2D eigenvalue weighted by Crippen LogP contribution is -2.30. The summed E-state index contributed by atoms with van der Waals surface area (Å²) in [5.74, 6) is -0.203. The maximum absolute atomic E-state index is 12.9. The number of nitrogen functional groups attached to an aromatic ring is 1. The third kappa shape index (κ3) is 4.32. The van der Waals surface area contributed by atoms with Gasteiger partial charge in [0.15, 0.2) is 6.10 Å². The Morgan fingerprint density at radius 3 is 2.57 bits per heavy atom. The van der Waals surface area contributed by atoms with E-state index in [4.69, 9.17) is 10.5 Å². The summed E-state index contributed by atoms with van der Waals surface area (Å²) in [4.78, 5) is 12.0. The first kappa shape index (κ1) is 15.6. The van der Waals surface area contributed by atoms with Gasteiger partial charge in [0.25, 0.3) is 5.91 Å². The standard InChI is InChI=1S/C15H14FIN2O2/c1-9(21-12-5-3-11(17)4-6-12)15(20)19-14-7-2-10(16)8-13(14)18/h2-9H,18H2,1H3,(H,19,20). The number of hydrogen-bond donors (Lipinski definition) is 2. The van der Waals surface area contributed by atoms with Crippen LogP contribution in [0.3, 0.4) is 0 Å². The van der Waals surface area contributed by atoms with Gasteiger partial charge in [0.1, 0.15) is 11.6 Å². The van der Waals surface area contributed by atoms with E-state index < -0.39 is 11.9 Å². The summed E-state index contributed by atoms with van der Waals surface area (Å²) in [7, 11) is 0. The van der Waals surface area contributed by atoms with Gasteiger partial charge in [-0.25, -0.2) is 4.39 Å². The molecule has 0 bridgehead atoms. The molecule has 0 aliphatic carbocycles. The van der Waals surface area contributed by atoms with Gasteiger partial charge in [0.05, 0.1) is 11.4 Å². The van der Waals surface area contributed by atoms with Crippen LogP contribution >= 0.6 is 22.6 Å². The normalized spacial score (nSPS) is 11.8. The third-order valence-electron chi connectivity index (χ3n) is 2.77. The number of rotatable bonds is 4. The van der Waals surface area contributed by atoms with Gasteiger partial charge in [0.2, 0.25) is 0 Å².